The number of aliphatic imine (C=N–C) groups is 1. The minimum Gasteiger partial charge on any atom is -0.193 e. The largest absolute Gasteiger partial charge is 0.193 e. The molecular formula is C11H8BrNS. The van der Waals surface area contributed by atoms with Crippen LogP contribution in [0.25, 0.3) is 0 Å². The third kappa shape index (κ3) is 3.43. The van der Waals surface area contributed by atoms with Crippen molar-refractivity contribution in [2.45, 2.75) is 6.42 Å². The highest BCUT2D eigenvalue weighted by molar-refractivity contribution is 9.09. The van der Waals surface area contributed by atoms with E-state index < -0.39 is 0 Å². The van der Waals surface area contributed by atoms with Gasteiger partial charge in [-0.3, -0.25) is 0 Å². The van der Waals surface area contributed by atoms with E-state index in [0.29, 0.717) is 0 Å². The lowest BCUT2D eigenvalue weighted by Gasteiger charge is -1.94. The fourth-order valence-electron chi connectivity index (χ4n) is 0.931. The maximum atomic E-state index is 4.56. The number of hydrogen-bond acceptors (Lipinski definition) is 2. The van der Waals surface area contributed by atoms with Crippen molar-refractivity contribution in [3.05, 3.63) is 29.8 Å². The summed E-state index contributed by atoms with van der Waals surface area (Å²) in [5.41, 5.74) is 1.68. The second-order valence-electron chi connectivity index (χ2n) is 2.46. The van der Waals surface area contributed by atoms with Crippen molar-refractivity contribution >= 4 is 39.0 Å². The zero-order valence-corrected chi connectivity index (χ0v) is 9.86. The van der Waals surface area contributed by atoms with Crippen LogP contribution in [0.3, 0.4) is 0 Å². The number of alkyl halides is 1. The van der Waals surface area contributed by atoms with E-state index in [1.165, 1.54) is 0 Å². The number of halogens is 1. The van der Waals surface area contributed by atoms with Crippen LogP contribution >= 0.6 is 28.1 Å². The van der Waals surface area contributed by atoms with Crippen molar-refractivity contribution in [2.75, 3.05) is 5.33 Å². The van der Waals surface area contributed by atoms with E-state index in [2.05, 4.69) is 50.1 Å². The van der Waals surface area contributed by atoms with Gasteiger partial charge in [0.15, 0.2) is 0 Å². The van der Waals surface area contributed by atoms with Gasteiger partial charge in [-0.15, -0.1) is 0 Å². The SMILES string of the molecule is S=C=Nc1ccccc1C#CCCBr. The average Bonchev–Trinajstić information content (AvgIpc) is 2.21. The quantitative estimate of drug-likeness (QED) is 0.345. The van der Waals surface area contributed by atoms with Gasteiger partial charge in [-0.05, 0) is 24.4 Å². The van der Waals surface area contributed by atoms with Crippen LogP contribution in [0, 0.1) is 11.8 Å². The zero-order chi connectivity index (χ0) is 10.2. The van der Waals surface area contributed by atoms with Crippen LogP contribution in [-0.4, -0.2) is 10.5 Å². The summed E-state index contributed by atoms with van der Waals surface area (Å²) in [6, 6.07) is 7.63. The fraction of sp³-hybridized carbons (Fsp3) is 0.182. The van der Waals surface area contributed by atoms with Crippen LogP contribution in [0.1, 0.15) is 12.0 Å². The summed E-state index contributed by atoms with van der Waals surface area (Å²) < 4.78 is 0. The van der Waals surface area contributed by atoms with Crippen LogP contribution in [0.5, 0.6) is 0 Å². The molecule has 0 unspecified atom stereocenters. The Morgan fingerprint density at radius 3 is 2.86 bits per heavy atom. The summed E-state index contributed by atoms with van der Waals surface area (Å²) in [6.07, 6.45) is 0.829. The third-order valence-electron chi connectivity index (χ3n) is 1.51. The van der Waals surface area contributed by atoms with Gasteiger partial charge in [0.05, 0.1) is 16.4 Å². The first-order valence-corrected chi connectivity index (χ1v) is 5.63. The Kier molecular flexibility index (Phi) is 5.17. The molecule has 0 N–H and O–H groups in total. The molecule has 0 bridgehead atoms. The summed E-state index contributed by atoms with van der Waals surface area (Å²) in [7, 11) is 0. The molecule has 0 atom stereocenters. The van der Waals surface area contributed by atoms with Gasteiger partial charge in [0, 0.05) is 11.8 Å². The Morgan fingerprint density at radius 1 is 1.36 bits per heavy atom. The van der Waals surface area contributed by atoms with E-state index in [4.69, 9.17) is 0 Å². The van der Waals surface area contributed by atoms with Gasteiger partial charge in [0.1, 0.15) is 0 Å². The van der Waals surface area contributed by atoms with E-state index in [1.807, 2.05) is 24.3 Å². The molecule has 0 aliphatic carbocycles. The molecule has 14 heavy (non-hydrogen) atoms. The minimum absolute atomic E-state index is 0.782. The molecule has 0 aliphatic heterocycles. The van der Waals surface area contributed by atoms with E-state index in [0.717, 1.165) is 23.0 Å². The highest BCUT2D eigenvalue weighted by Gasteiger charge is 1.94. The molecule has 0 saturated carbocycles. The molecule has 0 aromatic heterocycles. The number of hydrogen-bond donors (Lipinski definition) is 0. The summed E-state index contributed by atoms with van der Waals surface area (Å²) >= 11 is 7.87. The smallest absolute Gasteiger partial charge is 0.0895 e. The Balaban J connectivity index is 2.97. The minimum atomic E-state index is 0.782. The Hall–Kier alpha value is -0.940. The lowest BCUT2D eigenvalue weighted by atomic mass is 10.2. The summed E-state index contributed by atoms with van der Waals surface area (Å²) in [5, 5.41) is 3.23. The number of rotatable bonds is 2. The molecule has 3 heteroatoms. The number of thiocarbonyl (C=S) groups is 1. The lowest BCUT2D eigenvalue weighted by molar-refractivity contribution is 1.32. The number of isothiocyanates is 1. The van der Waals surface area contributed by atoms with Crippen molar-refractivity contribution in [1.29, 1.82) is 0 Å². The molecule has 0 radical (unpaired) electrons. The molecule has 1 rings (SSSR count). The number of para-hydroxylation sites is 1. The molecule has 0 aliphatic rings. The molecule has 0 spiro atoms. The summed E-state index contributed by atoms with van der Waals surface area (Å²) in [5.74, 6) is 6.07. The average molecular weight is 266 g/mol. The van der Waals surface area contributed by atoms with E-state index in [9.17, 15) is 0 Å². The molecule has 0 heterocycles. The maximum Gasteiger partial charge on any atom is 0.0895 e. The third-order valence-corrected chi connectivity index (χ3v) is 2.00. The van der Waals surface area contributed by atoms with Crippen LogP contribution in [-0.2, 0) is 0 Å². The first-order valence-electron chi connectivity index (χ1n) is 4.10. The number of benzene rings is 1. The van der Waals surface area contributed by atoms with Crippen LogP contribution in [0.15, 0.2) is 29.3 Å². The standard InChI is InChI=1S/C11H8BrNS/c12-8-4-3-6-10-5-1-2-7-11(10)13-9-14/h1-2,5,7H,4,8H2. The molecule has 0 amide bonds. The molecule has 1 aromatic carbocycles. The monoisotopic (exact) mass is 265 g/mol. The van der Waals surface area contributed by atoms with Crippen molar-refractivity contribution in [3.8, 4) is 11.8 Å². The molecule has 0 fully saturated rings. The van der Waals surface area contributed by atoms with Gasteiger partial charge in [-0.2, -0.15) is 4.99 Å². The van der Waals surface area contributed by atoms with Crippen molar-refractivity contribution in [1.82, 2.24) is 0 Å². The summed E-state index contributed by atoms with van der Waals surface area (Å²) in [4.78, 5) is 3.94. The van der Waals surface area contributed by atoms with Crippen LogP contribution < -0.4 is 0 Å². The van der Waals surface area contributed by atoms with E-state index in [-0.39, 0.29) is 0 Å². The highest BCUT2D eigenvalue weighted by Crippen LogP contribution is 2.16. The first kappa shape index (κ1) is 11.1. The van der Waals surface area contributed by atoms with E-state index in [1.54, 1.807) is 0 Å². The zero-order valence-electron chi connectivity index (χ0n) is 7.46. The van der Waals surface area contributed by atoms with Crippen molar-refractivity contribution in [3.63, 3.8) is 0 Å². The lowest BCUT2D eigenvalue weighted by Crippen LogP contribution is -1.75. The van der Waals surface area contributed by atoms with Crippen molar-refractivity contribution in [2.24, 2.45) is 4.99 Å². The van der Waals surface area contributed by atoms with Gasteiger partial charge in [-0.25, -0.2) is 0 Å². The predicted molar refractivity (Wildman–Crippen MR) is 66.4 cm³/mol. The molecule has 1 nitrogen and oxygen atoms in total. The predicted octanol–water partition coefficient (Wildman–Crippen LogP) is 3.56. The molecule has 1 aromatic rings. The highest BCUT2D eigenvalue weighted by atomic mass is 79.9. The Bertz CT molecular complexity index is 411. The molecule has 0 saturated heterocycles. The Labute approximate surface area is 97.4 Å². The van der Waals surface area contributed by atoms with E-state index >= 15 is 0 Å². The van der Waals surface area contributed by atoms with Gasteiger partial charge < -0.3 is 0 Å². The first-order chi connectivity index (χ1) is 6.88. The van der Waals surface area contributed by atoms with Gasteiger partial charge in [0.25, 0.3) is 0 Å². The Morgan fingerprint density at radius 2 is 2.14 bits per heavy atom. The maximum absolute atomic E-state index is 4.56. The van der Waals surface area contributed by atoms with Gasteiger partial charge >= 0.3 is 0 Å². The van der Waals surface area contributed by atoms with Gasteiger partial charge in [-0.1, -0.05) is 39.9 Å². The summed E-state index contributed by atoms with van der Waals surface area (Å²) in [6.45, 7) is 0. The molecular weight excluding hydrogens is 258 g/mol. The second-order valence-corrected chi connectivity index (χ2v) is 3.44. The van der Waals surface area contributed by atoms with Crippen molar-refractivity contribution < 1.29 is 0 Å². The van der Waals surface area contributed by atoms with Gasteiger partial charge in [0.2, 0.25) is 0 Å². The molecule has 70 valence electrons. The second kappa shape index (κ2) is 6.50. The fourth-order valence-corrected chi connectivity index (χ4v) is 1.23. The topological polar surface area (TPSA) is 12.4 Å². The van der Waals surface area contributed by atoms with Crippen LogP contribution in [0.4, 0.5) is 5.69 Å². The van der Waals surface area contributed by atoms with Crippen LogP contribution in [0.2, 0.25) is 0 Å². The number of nitrogens with zero attached hydrogens (tertiary/aromatic N) is 1. The normalized spacial score (nSPS) is 8.36.